The van der Waals surface area contributed by atoms with Crippen LogP contribution >= 0.6 is 22.9 Å². The zero-order valence-corrected chi connectivity index (χ0v) is 12.9. The summed E-state index contributed by atoms with van der Waals surface area (Å²) in [7, 11) is -3.17. The fourth-order valence-electron chi connectivity index (χ4n) is 1.61. The molecule has 0 aliphatic carbocycles. The lowest BCUT2D eigenvalue weighted by atomic mass is 10.2. The van der Waals surface area contributed by atoms with Crippen molar-refractivity contribution >= 4 is 44.1 Å². The van der Waals surface area contributed by atoms with Gasteiger partial charge in [-0.1, -0.05) is 12.1 Å². The molecule has 0 N–H and O–H groups in total. The summed E-state index contributed by atoms with van der Waals surface area (Å²) in [5.74, 6) is 0. The minimum Gasteiger partial charge on any atom is -0.276 e. The smallest absolute Gasteiger partial charge is 0.245 e. The molecule has 0 aliphatic rings. The number of halogens is 1. The molecule has 1 heterocycles. The first-order chi connectivity index (χ1) is 9.36. The number of hydrogen-bond donors (Lipinski definition) is 0. The fraction of sp³-hybridized carbons (Fsp3) is 0.0714. The maximum absolute atomic E-state index is 11.4. The number of sulfone groups is 1. The monoisotopic (exact) mass is 326 g/mol. The van der Waals surface area contributed by atoms with E-state index in [0.717, 1.165) is 15.3 Å². The van der Waals surface area contributed by atoms with Gasteiger partial charge < -0.3 is 0 Å². The number of allylic oxidation sites excluding steroid dienone is 1. The van der Waals surface area contributed by atoms with Gasteiger partial charge in [0.2, 0.25) is 5.24 Å². The highest BCUT2D eigenvalue weighted by Gasteiger charge is 2.07. The lowest BCUT2D eigenvalue weighted by Gasteiger charge is -2.00. The molecule has 0 radical (unpaired) electrons. The van der Waals surface area contributed by atoms with Crippen molar-refractivity contribution in [3.8, 4) is 10.4 Å². The Hall–Kier alpha value is -1.43. The molecule has 20 heavy (non-hydrogen) atoms. The van der Waals surface area contributed by atoms with Crippen LogP contribution in [0.4, 0.5) is 0 Å². The number of rotatable bonds is 4. The molecule has 0 saturated heterocycles. The van der Waals surface area contributed by atoms with Crippen LogP contribution in [0.2, 0.25) is 0 Å². The van der Waals surface area contributed by atoms with Crippen LogP contribution < -0.4 is 0 Å². The Bertz CT molecular complexity index is 756. The van der Waals surface area contributed by atoms with Crippen molar-refractivity contribution in [2.24, 2.45) is 0 Å². The van der Waals surface area contributed by atoms with Gasteiger partial charge in [0.1, 0.15) is 0 Å². The zero-order chi connectivity index (χ0) is 14.8. The second-order valence-electron chi connectivity index (χ2n) is 4.14. The summed E-state index contributed by atoms with van der Waals surface area (Å²) >= 11 is 6.73. The van der Waals surface area contributed by atoms with Crippen LogP contribution in [0.3, 0.4) is 0 Å². The number of carbonyl (C=O) groups excluding carboxylic acids is 1. The molecule has 2 rings (SSSR count). The molecule has 1 aromatic heterocycles. The van der Waals surface area contributed by atoms with Gasteiger partial charge in [0.25, 0.3) is 0 Å². The Morgan fingerprint density at radius 2 is 1.80 bits per heavy atom. The van der Waals surface area contributed by atoms with Gasteiger partial charge in [-0.15, -0.1) is 11.3 Å². The van der Waals surface area contributed by atoms with Crippen LogP contribution in [0.1, 0.15) is 4.88 Å². The first-order valence-electron chi connectivity index (χ1n) is 5.64. The average molecular weight is 327 g/mol. The van der Waals surface area contributed by atoms with Gasteiger partial charge in [0.15, 0.2) is 9.84 Å². The first-order valence-corrected chi connectivity index (χ1v) is 8.73. The third-order valence-corrected chi connectivity index (χ3v) is 4.93. The van der Waals surface area contributed by atoms with Crippen LogP contribution in [0.5, 0.6) is 0 Å². The Morgan fingerprint density at radius 1 is 1.15 bits per heavy atom. The number of hydrogen-bond acceptors (Lipinski definition) is 4. The summed E-state index contributed by atoms with van der Waals surface area (Å²) in [4.78, 5) is 12.8. The summed E-state index contributed by atoms with van der Waals surface area (Å²) in [5.41, 5.74) is 0.930. The van der Waals surface area contributed by atoms with Gasteiger partial charge in [-0.25, -0.2) is 8.42 Å². The molecule has 2 aromatic rings. The zero-order valence-electron chi connectivity index (χ0n) is 10.5. The highest BCUT2D eigenvalue weighted by Crippen LogP contribution is 2.29. The molecule has 6 heteroatoms. The van der Waals surface area contributed by atoms with Crippen molar-refractivity contribution < 1.29 is 13.2 Å². The molecule has 0 spiro atoms. The molecule has 0 unspecified atom stereocenters. The largest absolute Gasteiger partial charge is 0.276 e. The molecule has 104 valence electrons. The van der Waals surface area contributed by atoms with Gasteiger partial charge in [-0.2, -0.15) is 0 Å². The van der Waals surface area contributed by atoms with E-state index in [1.54, 1.807) is 30.3 Å². The van der Waals surface area contributed by atoms with Crippen LogP contribution in [0.15, 0.2) is 47.4 Å². The Balaban J connectivity index is 2.27. The maximum atomic E-state index is 11.4. The molecular formula is C14H11ClO3S2. The van der Waals surface area contributed by atoms with Crippen molar-refractivity contribution in [3.05, 3.63) is 47.4 Å². The predicted molar refractivity (Wildman–Crippen MR) is 82.8 cm³/mol. The number of benzene rings is 1. The van der Waals surface area contributed by atoms with Crippen molar-refractivity contribution in [2.75, 3.05) is 6.26 Å². The van der Waals surface area contributed by atoms with E-state index in [-0.39, 0.29) is 0 Å². The van der Waals surface area contributed by atoms with E-state index in [2.05, 4.69) is 0 Å². The van der Waals surface area contributed by atoms with E-state index in [9.17, 15) is 13.2 Å². The van der Waals surface area contributed by atoms with Crippen LogP contribution in [-0.4, -0.2) is 19.9 Å². The second-order valence-corrected chi connectivity index (χ2v) is 7.64. The molecule has 0 saturated carbocycles. The van der Waals surface area contributed by atoms with Crippen LogP contribution in [-0.2, 0) is 14.6 Å². The normalized spacial score (nSPS) is 11.9. The Labute approximate surface area is 126 Å². The molecule has 1 aromatic carbocycles. The van der Waals surface area contributed by atoms with Gasteiger partial charge in [0, 0.05) is 16.0 Å². The molecule has 0 amide bonds. The first kappa shape index (κ1) is 15.0. The third kappa shape index (κ3) is 3.79. The van der Waals surface area contributed by atoms with E-state index in [1.165, 1.54) is 23.7 Å². The molecule has 0 aliphatic heterocycles. The van der Waals surface area contributed by atoms with E-state index in [1.807, 2.05) is 12.1 Å². The van der Waals surface area contributed by atoms with Gasteiger partial charge in [-0.05, 0) is 53.6 Å². The number of carbonyl (C=O) groups is 1. The van der Waals surface area contributed by atoms with E-state index >= 15 is 0 Å². The average Bonchev–Trinajstić information content (AvgIpc) is 2.84. The summed E-state index contributed by atoms with van der Waals surface area (Å²) in [5, 5.41) is -0.516. The van der Waals surface area contributed by atoms with Crippen molar-refractivity contribution in [3.63, 3.8) is 0 Å². The molecule has 3 nitrogen and oxygen atoms in total. The van der Waals surface area contributed by atoms with E-state index in [4.69, 9.17) is 11.6 Å². The lowest BCUT2D eigenvalue weighted by Crippen LogP contribution is -1.95. The quantitative estimate of drug-likeness (QED) is 0.637. The standard InChI is InChI=1S/C14H11ClO3S2/c1-20(17,18)12-6-2-10(3-7-12)13-8-4-11(19-13)5-9-14(15)16/h2-9H,1H3/b9-5+. The third-order valence-electron chi connectivity index (χ3n) is 2.57. The fourth-order valence-corrected chi connectivity index (χ4v) is 3.22. The summed E-state index contributed by atoms with van der Waals surface area (Å²) < 4.78 is 22.8. The lowest BCUT2D eigenvalue weighted by molar-refractivity contribution is -0.107. The van der Waals surface area contributed by atoms with Crippen molar-refractivity contribution in [2.45, 2.75) is 4.90 Å². The maximum Gasteiger partial charge on any atom is 0.245 e. The predicted octanol–water partition coefficient (Wildman–Crippen LogP) is 3.60. The van der Waals surface area contributed by atoms with Gasteiger partial charge in [-0.3, -0.25) is 4.79 Å². The summed E-state index contributed by atoms with van der Waals surface area (Å²) in [6.45, 7) is 0. The van der Waals surface area contributed by atoms with Crippen LogP contribution in [0, 0.1) is 0 Å². The Morgan fingerprint density at radius 3 is 2.35 bits per heavy atom. The van der Waals surface area contributed by atoms with Crippen molar-refractivity contribution in [1.29, 1.82) is 0 Å². The minimum atomic E-state index is -3.17. The minimum absolute atomic E-state index is 0.297. The van der Waals surface area contributed by atoms with E-state index in [0.29, 0.717) is 4.90 Å². The second kappa shape index (κ2) is 5.91. The van der Waals surface area contributed by atoms with Gasteiger partial charge in [0.05, 0.1) is 4.90 Å². The number of thiophene rings is 1. The highest BCUT2D eigenvalue weighted by molar-refractivity contribution is 7.90. The SMILES string of the molecule is CS(=O)(=O)c1ccc(-c2ccc(/C=C/C(=O)Cl)s2)cc1. The summed E-state index contributed by atoms with van der Waals surface area (Å²) in [6.07, 6.45) is 4.12. The van der Waals surface area contributed by atoms with Crippen molar-refractivity contribution in [1.82, 2.24) is 0 Å². The molecule has 0 bridgehead atoms. The molecule has 0 atom stereocenters. The Kier molecular flexibility index (Phi) is 4.42. The molecule has 0 fully saturated rings. The van der Waals surface area contributed by atoms with Crippen LogP contribution in [0.25, 0.3) is 16.5 Å². The van der Waals surface area contributed by atoms with Gasteiger partial charge >= 0.3 is 0 Å². The topological polar surface area (TPSA) is 51.2 Å². The van der Waals surface area contributed by atoms with E-state index < -0.39 is 15.1 Å². The summed E-state index contributed by atoms with van der Waals surface area (Å²) in [6, 6.07) is 10.5. The molecular weight excluding hydrogens is 316 g/mol. The highest BCUT2D eigenvalue weighted by atomic mass is 35.5.